The highest BCUT2D eigenvalue weighted by atomic mass is 35.5. The van der Waals surface area contributed by atoms with Crippen LogP contribution in [0.4, 0.5) is 0 Å². The fraction of sp³-hybridized carbons (Fsp3) is 0.133. The summed E-state index contributed by atoms with van der Waals surface area (Å²) in [5.74, 6) is -0.515. The average Bonchev–Trinajstić information content (AvgIpc) is 2.47. The SMILES string of the molecule is COC(=O)c1cc(Cl)c2cc(C)c3cccnc3c2n1. The van der Waals surface area contributed by atoms with Crippen molar-refractivity contribution in [3.8, 4) is 0 Å². The van der Waals surface area contributed by atoms with Crippen LogP contribution in [-0.2, 0) is 4.74 Å². The van der Waals surface area contributed by atoms with Gasteiger partial charge in [0.25, 0.3) is 0 Å². The van der Waals surface area contributed by atoms with Crippen molar-refractivity contribution in [2.75, 3.05) is 7.11 Å². The first kappa shape index (κ1) is 12.8. The number of pyridine rings is 2. The lowest BCUT2D eigenvalue weighted by atomic mass is 10.0. The number of carbonyl (C=O) groups is 1. The molecule has 3 aromatic rings. The Morgan fingerprint density at radius 1 is 1.25 bits per heavy atom. The molecule has 0 aliphatic carbocycles. The number of methoxy groups -OCH3 is 1. The predicted molar refractivity (Wildman–Crippen MR) is 78.1 cm³/mol. The molecule has 0 saturated heterocycles. The van der Waals surface area contributed by atoms with Gasteiger partial charge in [-0.05, 0) is 30.7 Å². The van der Waals surface area contributed by atoms with Crippen LogP contribution in [0.25, 0.3) is 21.8 Å². The van der Waals surface area contributed by atoms with Gasteiger partial charge in [-0.25, -0.2) is 9.78 Å². The number of halogens is 1. The summed E-state index contributed by atoms with van der Waals surface area (Å²) >= 11 is 6.26. The van der Waals surface area contributed by atoms with Crippen molar-refractivity contribution in [1.29, 1.82) is 0 Å². The highest BCUT2D eigenvalue weighted by Gasteiger charge is 2.14. The number of esters is 1. The minimum Gasteiger partial charge on any atom is -0.464 e. The Hall–Kier alpha value is -2.20. The third-order valence-electron chi connectivity index (χ3n) is 3.22. The van der Waals surface area contributed by atoms with Gasteiger partial charge in [0.2, 0.25) is 0 Å². The zero-order chi connectivity index (χ0) is 14.3. The third kappa shape index (κ3) is 1.89. The second kappa shape index (κ2) is 4.72. The van der Waals surface area contributed by atoms with Gasteiger partial charge in [-0.15, -0.1) is 0 Å². The van der Waals surface area contributed by atoms with Crippen LogP contribution in [0.15, 0.2) is 30.5 Å². The standard InChI is InChI=1S/C15H11ClN2O2/c1-8-6-10-11(16)7-12(15(19)20-2)18-14(10)13-9(8)4-3-5-17-13/h3-7H,1-2H3. The smallest absolute Gasteiger partial charge is 0.356 e. The molecule has 0 fully saturated rings. The average molecular weight is 287 g/mol. The van der Waals surface area contributed by atoms with Gasteiger partial charge in [0.05, 0.1) is 23.2 Å². The van der Waals surface area contributed by atoms with E-state index in [0.717, 1.165) is 21.9 Å². The van der Waals surface area contributed by atoms with Gasteiger partial charge in [-0.1, -0.05) is 17.7 Å². The Morgan fingerprint density at radius 2 is 2.05 bits per heavy atom. The van der Waals surface area contributed by atoms with Crippen LogP contribution in [-0.4, -0.2) is 23.0 Å². The molecule has 0 aliphatic rings. The minimum atomic E-state index is -0.515. The number of nitrogens with zero attached hydrogens (tertiary/aromatic N) is 2. The van der Waals surface area contributed by atoms with E-state index in [9.17, 15) is 4.79 Å². The maximum atomic E-state index is 11.6. The second-order valence-electron chi connectivity index (χ2n) is 4.47. The summed E-state index contributed by atoms with van der Waals surface area (Å²) in [6.07, 6.45) is 1.70. The highest BCUT2D eigenvalue weighted by molar-refractivity contribution is 6.36. The molecule has 3 rings (SSSR count). The Morgan fingerprint density at radius 3 is 2.80 bits per heavy atom. The summed E-state index contributed by atoms with van der Waals surface area (Å²) in [7, 11) is 1.31. The quantitative estimate of drug-likeness (QED) is 0.507. The summed E-state index contributed by atoms with van der Waals surface area (Å²) in [4.78, 5) is 20.4. The van der Waals surface area contributed by atoms with Crippen LogP contribution in [0.1, 0.15) is 16.1 Å². The number of fused-ring (bicyclic) bond motifs is 3. The number of hydrogen-bond acceptors (Lipinski definition) is 4. The van der Waals surface area contributed by atoms with E-state index in [0.29, 0.717) is 10.5 Å². The van der Waals surface area contributed by atoms with Gasteiger partial charge in [0, 0.05) is 17.0 Å². The number of carbonyl (C=O) groups excluding carboxylic acids is 1. The molecule has 0 spiro atoms. The van der Waals surface area contributed by atoms with Crippen molar-refractivity contribution < 1.29 is 9.53 Å². The Bertz CT molecular complexity index is 846. The molecule has 0 amide bonds. The minimum absolute atomic E-state index is 0.181. The van der Waals surface area contributed by atoms with Crippen molar-refractivity contribution in [2.45, 2.75) is 6.92 Å². The molecular weight excluding hydrogens is 276 g/mol. The maximum Gasteiger partial charge on any atom is 0.356 e. The first-order valence-corrected chi connectivity index (χ1v) is 6.42. The molecule has 2 aromatic heterocycles. The van der Waals surface area contributed by atoms with Crippen molar-refractivity contribution in [3.05, 3.63) is 46.7 Å². The van der Waals surface area contributed by atoms with Crippen LogP contribution in [0, 0.1) is 6.92 Å². The fourth-order valence-corrected chi connectivity index (χ4v) is 2.50. The molecule has 0 radical (unpaired) electrons. The molecule has 0 saturated carbocycles. The number of ether oxygens (including phenoxy) is 1. The summed E-state index contributed by atoms with van der Waals surface area (Å²) in [6.45, 7) is 1.99. The monoisotopic (exact) mass is 286 g/mol. The summed E-state index contributed by atoms with van der Waals surface area (Å²) in [5, 5.41) is 2.24. The topological polar surface area (TPSA) is 52.1 Å². The molecule has 0 unspecified atom stereocenters. The van der Waals surface area contributed by atoms with E-state index in [1.807, 2.05) is 25.1 Å². The Balaban J connectivity index is 2.47. The van der Waals surface area contributed by atoms with E-state index in [2.05, 4.69) is 9.97 Å². The van der Waals surface area contributed by atoms with E-state index in [4.69, 9.17) is 16.3 Å². The molecule has 20 heavy (non-hydrogen) atoms. The van der Waals surface area contributed by atoms with Gasteiger partial charge in [0.1, 0.15) is 0 Å². The van der Waals surface area contributed by atoms with Gasteiger partial charge < -0.3 is 4.74 Å². The van der Waals surface area contributed by atoms with Gasteiger partial charge >= 0.3 is 5.97 Å². The van der Waals surface area contributed by atoms with Gasteiger partial charge in [-0.2, -0.15) is 0 Å². The zero-order valence-corrected chi connectivity index (χ0v) is 11.7. The van der Waals surface area contributed by atoms with Crippen LogP contribution in [0.2, 0.25) is 5.02 Å². The molecule has 4 nitrogen and oxygen atoms in total. The highest BCUT2D eigenvalue weighted by Crippen LogP contribution is 2.30. The number of aryl methyl sites for hydroxylation is 1. The zero-order valence-electron chi connectivity index (χ0n) is 11.0. The first-order chi connectivity index (χ1) is 9.61. The predicted octanol–water partition coefficient (Wildman–Crippen LogP) is 3.53. The molecular formula is C15H11ClN2O2. The van der Waals surface area contributed by atoms with Crippen molar-refractivity contribution >= 4 is 39.4 Å². The van der Waals surface area contributed by atoms with Crippen molar-refractivity contribution in [1.82, 2.24) is 9.97 Å². The lowest BCUT2D eigenvalue weighted by Crippen LogP contribution is -2.05. The van der Waals surface area contributed by atoms with Crippen LogP contribution in [0.3, 0.4) is 0 Å². The van der Waals surface area contributed by atoms with Crippen LogP contribution >= 0.6 is 11.6 Å². The van der Waals surface area contributed by atoms with Crippen LogP contribution in [0.5, 0.6) is 0 Å². The number of hydrogen-bond donors (Lipinski definition) is 0. The molecule has 100 valence electrons. The van der Waals surface area contributed by atoms with E-state index in [1.54, 1.807) is 6.20 Å². The largest absolute Gasteiger partial charge is 0.464 e. The summed E-state index contributed by atoms with van der Waals surface area (Å²) in [6, 6.07) is 7.31. The second-order valence-corrected chi connectivity index (χ2v) is 4.88. The lowest BCUT2D eigenvalue weighted by Gasteiger charge is -2.08. The molecule has 0 N–H and O–H groups in total. The molecule has 0 aliphatic heterocycles. The van der Waals surface area contributed by atoms with Crippen molar-refractivity contribution in [2.24, 2.45) is 0 Å². The van der Waals surface area contributed by atoms with E-state index in [-0.39, 0.29) is 5.69 Å². The molecule has 0 bridgehead atoms. The van der Waals surface area contributed by atoms with E-state index < -0.39 is 5.97 Å². The number of aromatic nitrogens is 2. The van der Waals surface area contributed by atoms with E-state index >= 15 is 0 Å². The number of benzene rings is 1. The summed E-state index contributed by atoms with van der Waals surface area (Å²) < 4.78 is 4.70. The third-order valence-corrected chi connectivity index (χ3v) is 3.53. The maximum absolute atomic E-state index is 11.6. The first-order valence-electron chi connectivity index (χ1n) is 6.04. The molecule has 2 heterocycles. The molecule has 1 aromatic carbocycles. The Labute approximate surface area is 120 Å². The van der Waals surface area contributed by atoms with Crippen LogP contribution < -0.4 is 0 Å². The Kier molecular flexibility index (Phi) is 3.03. The molecule has 5 heteroatoms. The van der Waals surface area contributed by atoms with E-state index in [1.165, 1.54) is 13.2 Å². The van der Waals surface area contributed by atoms with Gasteiger partial charge in [-0.3, -0.25) is 4.98 Å². The van der Waals surface area contributed by atoms with Crippen molar-refractivity contribution in [3.63, 3.8) is 0 Å². The van der Waals surface area contributed by atoms with Gasteiger partial charge in [0.15, 0.2) is 5.69 Å². The normalized spacial score (nSPS) is 10.9. The summed E-state index contributed by atoms with van der Waals surface area (Å²) in [5.41, 5.74) is 2.59. The number of rotatable bonds is 1. The lowest BCUT2D eigenvalue weighted by molar-refractivity contribution is 0.0594. The fourth-order valence-electron chi connectivity index (χ4n) is 2.26. The molecule has 0 atom stereocenters.